The monoisotopic (exact) mass is 298 g/mol. The second-order valence-electron chi connectivity index (χ2n) is 7.34. The number of hydrogen-bond acceptors (Lipinski definition) is 3. The Morgan fingerprint density at radius 2 is 1.86 bits per heavy atom. The number of carbonyl (C=O) groups excluding carboxylic acids is 1. The quantitative estimate of drug-likeness (QED) is 0.747. The predicted octanol–water partition coefficient (Wildman–Crippen LogP) is 2.22. The van der Waals surface area contributed by atoms with Gasteiger partial charge in [0.1, 0.15) is 0 Å². The summed E-state index contributed by atoms with van der Waals surface area (Å²) in [5.74, 6) is 1.84. The van der Waals surface area contributed by atoms with E-state index in [1.807, 2.05) is 4.90 Å². The molecule has 0 saturated carbocycles. The molecule has 124 valence electrons. The molecule has 1 aliphatic heterocycles. The van der Waals surface area contributed by atoms with E-state index in [0.717, 1.165) is 39.0 Å². The van der Waals surface area contributed by atoms with Crippen LogP contribution >= 0.6 is 0 Å². The number of carbonyl (C=O) groups is 1. The molecular weight excluding hydrogens is 264 g/mol. The summed E-state index contributed by atoms with van der Waals surface area (Å²) in [5.41, 5.74) is 0. The summed E-state index contributed by atoms with van der Waals surface area (Å²) < 4.78 is 0. The summed E-state index contributed by atoms with van der Waals surface area (Å²) >= 11 is 0. The lowest BCUT2D eigenvalue weighted by Gasteiger charge is -2.34. The van der Waals surface area contributed by atoms with E-state index in [0.29, 0.717) is 24.3 Å². The van der Waals surface area contributed by atoms with Gasteiger partial charge in [-0.15, -0.1) is 0 Å². The van der Waals surface area contributed by atoms with Gasteiger partial charge < -0.3 is 10.0 Å². The summed E-state index contributed by atoms with van der Waals surface area (Å²) in [6.07, 6.45) is 3.20. The van der Waals surface area contributed by atoms with Crippen LogP contribution in [0.25, 0.3) is 0 Å². The molecule has 1 saturated heterocycles. The van der Waals surface area contributed by atoms with Gasteiger partial charge in [0.25, 0.3) is 0 Å². The third-order valence-electron chi connectivity index (χ3n) is 4.02. The first-order chi connectivity index (χ1) is 9.92. The summed E-state index contributed by atoms with van der Waals surface area (Å²) in [7, 11) is 0. The van der Waals surface area contributed by atoms with E-state index in [-0.39, 0.29) is 12.5 Å². The zero-order chi connectivity index (χ0) is 15.8. The van der Waals surface area contributed by atoms with Gasteiger partial charge in [-0.3, -0.25) is 9.69 Å². The molecule has 0 bridgehead atoms. The van der Waals surface area contributed by atoms with E-state index in [4.69, 9.17) is 5.11 Å². The van der Waals surface area contributed by atoms with Crippen LogP contribution in [0.3, 0.4) is 0 Å². The molecule has 1 N–H and O–H groups in total. The number of piperidine rings is 1. The van der Waals surface area contributed by atoms with Crippen molar-refractivity contribution in [3.8, 4) is 0 Å². The van der Waals surface area contributed by atoms with Crippen molar-refractivity contribution in [2.75, 3.05) is 39.3 Å². The molecule has 21 heavy (non-hydrogen) atoms. The molecule has 0 aromatic heterocycles. The average Bonchev–Trinajstić information content (AvgIpc) is 2.37. The minimum atomic E-state index is 0.263. The topological polar surface area (TPSA) is 43.8 Å². The van der Waals surface area contributed by atoms with Gasteiger partial charge >= 0.3 is 0 Å². The van der Waals surface area contributed by atoms with Crippen molar-refractivity contribution in [1.82, 2.24) is 9.80 Å². The molecule has 4 nitrogen and oxygen atoms in total. The first-order valence-electron chi connectivity index (χ1n) is 8.53. The van der Waals surface area contributed by atoms with Crippen LogP contribution in [0.15, 0.2) is 0 Å². The third-order valence-corrected chi connectivity index (χ3v) is 4.02. The Bertz CT molecular complexity index is 293. The SMILES string of the molecule is CC(C)CN(CC(C)C)C(=O)CN1CCCC(CCO)C1. The van der Waals surface area contributed by atoms with Crippen LogP contribution in [0.4, 0.5) is 0 Å². The van der Waals surface area contributed by atoms with Crippen molar-refractivity contribution in [3.05, 3.63) is 0 Å². The van der Waals surface area contributed by atoms with Crippen molar-refractivity contribution in [3.63, 3.8) is 0 Å². The van der Waals surface area contributed by atoms with Crippen LogP contribution in [0.1, 0.15) is 47.0 Å². The first-order valence-corrected chi connectivity index (χ1v) is 8.53. The summed E-state index contributed by atoms with van der Waals surface area (Å²) in [6.45, 7) is 13.2. The van der Waals surface area contributed by atoms with Gasteiger partial charge in [-0.2, -0.15) is 0 Å². The van der Waals surface area contributed by atoms with Crippen LogP contribution < -0.4 is 0 Å². The fourth-order valence-electron chi connectivity index (χ4n) is 3.16. The van der Waals surface area contributed by atoms with Crippen molar-refractivity contribution < 1.29 is 9.90 Å². The fourth-order valence-corrected chi connectivity index (χ4v) is 3.16. The Kier molecular flexibility index (Phi) is 8.27. The predicted molar refractivity (Wildman–Crippen MR) is 87.1 cm³/mol. The molecule has 0 spiro atoms. The molecule has 1 fully saturated rings. The van der Waals surface area contributed by atoms with E-state index in [9.17, 15) is 4.79 Å². The lowest BCUT2D eigenvalue weighted by Crippen LogP contribution is -2.46. The Balaban J connectivity index is 2.50. The number of hydrogen-bond donors (Lipinski definition) is 1. The standard InChI is InChI=1S/C17H34N2O2/c1-14(2)10-19(11-15(3)4)17(21)13-18-8-5-6-16(12-18)7-9-20/h14-16,20H,5-13H2,1-4H3. The highest BCUT2D eigenvalue weighted by Crippen LogP contribution is 2.19. The molecule has 1 amide bonds. The van der Waals surface area contributed by atoms with Crippen LogP contribution in [-0.2, 0) is 4.79 Å². The van der Waals surface area contributed by atoms with E-state index in [1.54, 1.807) is 0 Å². The molecule has 1 rings (SSSR count). The lowest BCUT2D eigenvalue weighted by molar-refractivity contribution is -0.134. The smallest absolute Gasteiger partial charge is 0.236 e. The first kappa shape index (κ1) is 18.4. The second-order valence-corrected chi connectivity index (χ2v) is 7.34. The van der Waals surface area contributed by atoms with Gasteiger partial charge in [0.2, 0.25) is 5.91 Å². The molecule has 1 unspecified atom stereocenters. The van der Waals surface area contributed by atoms with Crippen molar-refractivity contribution in [2.24, 2.45) is 17.8 Å². The molecule has 1 heterocycles. The van der Waals surface area contributed by atoms with E-state index >= 15 is 0 Å². The maximum absolute atomic E-state index is 12.6. The second kappa shape index (κ2) is 9.42. The largest absolute Gasteiger partial charge is 0.396 e. The van der Waals surface area contributed by atoms with E-state index in [1.165, 1.54) is 6.42 Å². The van der Waals surface area contributed by atoms with Crippen molar-refractivity contribution >= 4 is 5.91 Å². The molecule has 0 aromatic rings. The van der Waals surface area contributed by atoms with Crippen LogP contribution in [0.2, 0.25) is 0 Å². The molecule has 0 radical (unpaired) electrons. The normalized spacial score (nSPS) is 20.2. The van der Waals surface area contributed by atoms with Gasteiger partial charge in [0.05, 0.1) is 6.54 Å². The Labute approximate surface area is 130 Å². The van der Waals surface area contributed by atoms with Gasteiger partial charge in [0, 0.05) is 26.2 Å². The zero-order valence-electron chi connectivity index (χ0n) is 14.3. The highest BCUT2D eigenvalue weighted by Gasteiger charge is 2.24. The average molecular weight is 298 g/mol. The summed E-state index contributed by atoms with van der Waals surface area (Å²) in [4.78, 5) is 16.9. The maximum atomic E-state index is 12.6. The van der Waals surface area contributed by atoms with Gasteiger partial charge in [-0.05, 0) is 43.6 Å². The maximum Gasteiger partial charge on any atom is 0.236 e. The number of rotatable bonds is 8. The van der Waals surface area contributed by atoms with Crippen molar-refractivity contribution in [1.29, 1.82) is 0 Å². The number of aliphatic hydroxyl groups is 1. The van der Waals surface area contributed by atoms with Crippen molar-refractivity contribution in [2.45, 2.75) is 47.0 Å². The number of aliphatic hydroxyl groups excluding tert-OH is 1. The highest BCUT2D eigenvalue weighted by atomic mass is 16.3. The Hall–Kier alpha value is -0.610. The number of likely N-dealkylation sites (tertiary alicyclic amines) is 1. The number of nitrogens with zero attached hydrogens (tertiary/aromatic N) is 2. The lowest BCUT2D eigenvalue weighted by atomic mass is 9.95. The minimum Gasteiger partial charge on any atom is -0.396 e. The van der Waals surface area contributed by atoms with Crippen LogP contribution in [0.5, 0.6) is 0 Å². The molecular formula is C17H34N2O2. The zero-order valence-corrected chi connectivity index (χ0v) is 14.3. The third kappa shape index (κ3) is 7.28. The minimum absolute atomic E-state index is 0.263. The molecule has 0 aromatic carbocycles. The molecule has 4 heteroatoms. The Morgan fingerprint density at radius 3 is 2.38 bits per heavy atom. The molecule has 1 atom stereocenters. The van der Waals surface area contributed by atoms with E-state index in [2.05, 4.69) is 32.6 Å². The van der Waals surface area contributed by atoms with Gasteiger partial charge in [-0.25, -0.2) is 0 Å². The van der Waals surface area contributed by atoms with Crippen LogP contribution in [0, 0.1) is 17.8 Å². The summed E-state index contributed by atoms with van der Waals surface area (Å²) in [6, 6.07) is 0. The number of amides is 1. The highest BCUT2D eigenvalue weighted by molar-refractivity contribution is 5.78. The van der Waals surface area contributed by atoms with Crippen LogP contribution in [-0.4, -0.2) is 60.1 Å². The fraction of sp³-hybridized carbons (Fsp3) is 0.941. The van der Waals surface area contributed by atoms with Gasteiger partial charge in [-0.1, -0.05) is 27.7 Å². The molecule has 0 aliphatic carbocycles. The molecule has 1 aliphatic rings. The van der Waals surface area contributed by atoms with E-state index < -0.39 is 0 Å². The summed E-state index contributed by atoms with van der Waals surface area (Å²) in [5, 5.41) is 9.08. The van der Waals surface area contributed by atoms with Gasteiger partial charge in [0.15, 0.2) is 0 Å². The Morgan fingerprint density at radius 1 is 1.24 bits per heavy atom.